The predicted octanol–water partition coefficient (Wildman–Crippen LogP) is 1.50. The molecule has 2 aromatic rings. The number of carbonyl (C=O) groups excluding carboxylic acids is 1. The van der Waals surface area contributed by atoms with Crippen LogP contribution in [0.25, 0.3) is 0 Å². The van der Waals surface area contributed by atoms with Crippen LogP contribution in [0.15, 0.2) is 47.7 Å². The summed E-state index contributed by atoms with van der Waals surface area (Å²) < 4.78 is 1.89. The van der Waals surface area contributed by atoms with Gasteiger partial charge < -0.3 is 16.4 Å². The molecule has 1 amide bonds. The number of nitrogens with zero attached hydrogens (tertiary/aromatic N) is 3. The van der Waals surface area contributed by atoms with Gasteiger partial charge in [-0.15, -0.1) is 0 Å². The maximum Gasteiger partial charge on any atom is 0.224 e. The standard InChI is InChI=1S/C19H28N6O/c1-4-21-18(23-14-19(2,3)17(20)26)22-12-15-8-5-6-9-16(15)13-25-11-7-10-24-25/h5-11H,4,12-14H2,1-3H3,(H2,20,26)(H2,21,22,23). The minimum absolute atomic E-state index is 0.342. The van der Waals surface area contributed by atoms with Crippen molar-refractivity contribution in [2.45, 2.75) is 33.9 Å². The fraction of sp³-hybridized carbons (Fsp3) is 0.421. The van der Waals surface area contributed by atoms with Crippen molar-refractivity contribution in [3.05, 3.63) is 53.9 Å². The Balaban J connectivity index is 2.08. The zero-order chi connectivity index (χ0) is 19.0. The summed E-state index contributed by atoms with van der Waals surface area (Å²) in [7, 11) is 0. The van der Waals surface area contributed by atoms with Crippen molar-refractivity contribution in [1.29, 1.82) is 0 Å². The van der Waals surface area contributed by atoms with Gasteiger partial charge in [0, 0.05) is 25.5 Å². The maximum absolute atomic E-state index is 11.5. The molecule has 1 aromatic carbocycles. The van der Waals surface area contributed by atoms with Crippen LogP contribution in [0, 0.1) is 5.41 Å². The van der Waals surface area contributed by atoms with E-state index in [1.807, 2.05) is 49.8 Å². The number of rotatable bonds is 8. The van der Waals surface area contributed by atoms with Crippen LogP contribution in [0.5, 0.6) is 0 Å². The lowest BCUT2D eigenvalue weighted by molar-refractivity contribution is -0.125. The van der Waals surface area contributed by atoms with Gasteiger partial charge in [0.05, 0.1) is 18.5 Å². The third kappa shape index (κ3) is 5.61. The van der Waals surface area contributed by atoms with E-state index in [4.69, 9.17) is 5.73 Å². The Morgan fingerprint density at radius 2 is 1.96 bits per heavy atom. The van der Waals surface area contributed by atoms with E-state index in [0.29, 0.717) is 25.6 Å². The summed E-state index contributed by atoms with van der Waals surface area (Å²) in [6.45, 7) is 8.01. The molecule has 0 saturated heterocycles. The minimum Gasteiger partial charge on any atom is -0.369 e. The van der Waals surface area contributed by atoms with Crippen LogP contribution in [0.4, 0.5) is 0 Å². The molecule has 7 heteroatoms. The lowest BCUT2D eigenvalue weighted by Gasteiger charge is -2.22. The molecule has 1 aromatic heterocycles. The average Bonchev–Trinajstić information content (AvgIpc) is 3.11. The second-order valence-corrected chi connectivity index (χ2v) is 6.77. The molecule has 0 aliphatic heterocycles. The third-order valence-electron chi connectivity index (χ3n) is 4.13. The predicted molar refractivity (Wildman–Crippen MR) is 104 cm³/mol. The molecule has 4 N–H and O–H groups in total. The summed E-state index contributed by atoms with van der Waals surface area (Å²) in [5.41, 5.74) is 7.10. The lowest BCUT2D eigenvalue weighted by atomic mass is 9.93. The quantitative estimate of drug-likeness (QED) is 0.493. The Morgan fingerprint density at radius 3 is 2.58 bits per heavy atom. The Morgan fingerprint density at radius 1 is 1.23 bits per heavy atom. The molecule has 0 unspecified atom stereocenters. The molecular formula is C19H28N6O. The Labute approximate surface area is 154 Å². The maximum atomic E-state index is 11.5. The second kappa shape index (κ2) is 9.03. The van der Waals surface area contributed by atoms with Gasteiger partial charge in [-0.1, -0.05) is 24.3 Å². The highest BCUT2D eigenvalue weighted by Crippen LogP contribution is 2.13. The number of hydrogen-bond donors (Lipinski definition) is 3. The summed E-state index contributed by atoms with van der Waals surface area (Å²) in [6, 6.07) is 10.1. The largest absolute Gasteiger partial charge is 0.369 e. The van der Waals surface area contributed by atoms with Crippen LogP contribution in [-0.2, 0) is 17.9 Å². The number of primary amides is 1. The molecule has 0 aliphatic rings. The first kappa shape index (κ1) is 19.5. The van der Waals surface area contributed by atoms with Gasteiger partial charge in [0.15, 0.2) is 5.96 Å². The number of aromatic nitrogens is 2. The smallest absolute Gasteiger partial charge is 0.224 e. The number of benzene rings is 1. The highest BCUT2D eigenvalue weighted by atomic mass is 16.1. The molecule has 2 rings (SSSR count). The monoisotopic (exact) mass is 356 g/mol. The Kier molecular flexibility index (Phi) is 6.77. The second-order valence-electron chi connectivity index (χ2n) is 6.77. The summed E-state index contributed by atoms with van der Waals surface area (Å²) in [5.74, 6) is 0.320. The van der Waals surface area contributed by atoms with Crippen molar-refractivity contribution in [3.8, 4) is 0 Å². The van der Waals surface area contributed by atoms with Gasteiger partial charge in [0.2, 0.25) is 5.91 Å². The number of hydrogen-bond acceptors (Lipinski definition) is 3. The highest BCUT2D eigenvalue weighted by Gasteiger charge is 2.24. The molecule has 1 heterocycles. The van der Waals surface area contributed by atoms with Gasteiger partial charge in [-0.05, 0) is 38.0 Å². The van der Waals surface area contributed by atoms with Crippen LogP contribution in [0.1, 0.15) is 31.9 Å². The van der Waals surface area contributed by atoms with Crippen LogP contribution in [0.2, 0.25) is 0 Å². The fourth-order valence-corrected chi connectivity index (χ4v) is 2.33. The summed E-state index contributed by atoms with van der Waals surface area (Å²) in [6.07, 6.45) is 3.71. The van der Waals surface area contributed by atoms with Gasteiger partial charge in [-0.25, -0.2) is 4.99 Å². The molecule has 0 bridgehead atoms. The Bertz CT molecular complexity index is 736. The van der Waals surface area contributed by atoms with Gasteiger partial charge in [0.1, 0.15) is 0 Å². The molecule has 0 atom stereocenters. The van der Waals surface area contributed by atoms with Crippen LogP contribution < -0.4 is 16.4 Å². The topological polar surface area (TPSA) is 97.3 Å². The number of amides is 1. The number of nitrogens with two attached hydrogens (primary N) is 1. The van der Waals surface area contributed by atoms with Gasteiger partial charge in [0.25, 0.3) is 0 Å². The molecule has 0 saturated carbocycles. The minimum atomic E-state index is -0.645. The number of aliphatic imine (C=N–C) groups is 1. The van der Waals surface area contributed by atoms with Gasteiger partial charge in [-0.3, -0.25) is 9.48 Å². The zero-order valence-electron chi connectivity index (χ0n) is 15.7. The molecule has 140 valence electrons. The van der Waals surface area contributed by atoms with E-state index < -0.39 is 5.41 Å². The number of guanidine groups is 1. The molecule has 0 aliphatic carbocycles. The summed E-state index contributed by atoms with van der Waals surface area (Å²) >= 11 is 0. The lowest BCUT2D eigenvalue weighted by Crippen LogP contribution is -2.46. The molecule has 7 nitrogen and oxygen atoms in total. The first-order valence-corrected chi connectivity index (χ1v) is 8.78. The van der Waals surface area contributed by atoms with E-state index in [-0.39, 0.29) is 5.91 Å². The summed E-state index contributed by atoms with van der Waals surface area (Å²) in [4.78, 5) is 16.1. The zero-order valence-corrected chi connectivity index (χ0v) is 15.7. The third-order valence-corrected chi connectivity index (χ3v) is 4.13. The van der Waals surface area contributed by atoms with Crippen molar-refractivity contribution in [1.82, 2.24) is 20.4 Å². The van der Waals surface area contributed by atoms with Crippen molar-refractivity contribution >= 4 is 11.9 Å². The van der Waals surface area contributed by atoms with Crippen molar-refractivity contribution in [2.24, 2.45) is 16.1 Å². The van der Waals surface area contributed by atoms with E-state index in [1.165, 1.54) is 5.56 Å². The molecular weight excluding hydrogens is 328 g/mol. The van der Waals surface area contributed by atoms with Crippen LogP contribution in [-0.4, -0.2) is 34.7 Å². The van der Waals surface area contributed by atoms with E-state index in [0.717, 1.165) is 12.1 Å². The van der Waals surface area contributed by atoms with E-state index in [9.17, 15) is 4.79 Å². The van der Waals surface area contributed by atoms with E-state index in [2.05, 4.69) is 32.9 Å². The van der Waals surface area contributed by atoms with Crippen LogP contribution in [0.3, 0.4) is 0 Å². The van der Waals surface area contributed by atoms with Gasteiger partial charge in [-0.2, -0.15) is 5.10 Å². The fourth-order valence-electron chi connectivity index (χ4n) is 2.33. The normalized spacial score (nSPS) is 12.0. The molecule has 0 spiro atoms. The molecule has 26 heavy (non-hydrogen) atoms. The van der Waals surface area contributed by atoms with Crippen molar-refractivity contribution in [3.63, 3.8) is 0 Å². The Hall–Kier alpha value is -2.83. The van der Waals surface area contributed by atoms with E-state index in [1.54, 1.807) is 6.20 Å². The van der Waals surface area contributed by atoms with Gasteiger partial charge >= 0.3 is 0 Å². The SMILES string of the molecule is CCNC(=NCc1ccccc1Cn1cccn1)NCC(C)(C)C(N)=O. The first-order valence-electron chi connectivity index (χ1n) is 8.78. The molecule has 0 radical (unpaired) electrons. The van der Waals surface area contributed by atoms with Crippen molar-refractivity contribution in [2.75, 3.05) is 13.1 Å². The number of nitrogens with one attached hydrogen (secondary N) is 2. The number of carbonyl (C=O) groups is 1. The van der Waals surface area contributed by atoms with Crippen molar-refractivity contribution < 1.29 is 4.79 Å². The summed E-state index contributed by atoms with van der Waals surface area (Å²) in [5, 5.41) is 10.7. The van der Waals surface area contributed by atoms with Crippen LogP contribution >= 0.6 is 0 Å². The average molecular weight is 356 g/mol. The highest BCUT2D eigenvalue weighted by molar-refractivity contribution is 5.83. The molecule has 0 fully saturated rings. The van der Waals surface area contributed by atoms with E-state index >= 15 is 0 Å². The first-order chi connectivity index (χ1) is 12.4.